The summed E-state index contributed by atoms with van der Waals surface area (Å²) in [6.07, 6.45) is 5.47. The monoisotopic (exact) mass is 401 g/mol. The van der Waals surface area contributed by atoms with Gasteiger partial charge >= 0.3 is 0 Å². The second kappa shape index (κ2) is 6.88. The Balaban J connectivity index is 1.35. The molecule has 1 amide bonds. The fourth-order valence-corrected chi connectivity index (χ4v) is 5.15. The van der Waals surface area contributed by atoms with Gasteiger partial charge in [0.25, 0.3) is 0 Å². The Morgan fingerprint density at radius 2 is 1.87 bits per heavy atom. The Morgan fingerprint density at radius 1 is 1.07 bits per heavy atom. The summed E-state index contributed by atoms with van der Waals surface area (Å²) in [7, 11) is 2.09. The normalized spacial score (nSPS) is 23.9. The van der Waals surface area contributed by atoms with Crippen molar-refractivity contribution < 1.29 is 9.53 Å². The lowest BCUT2D eigenvalue weighted by atomic mass is 10.1. The first-order chi connectivity index (χ1) is 14.7. The highest BCUT2D eigenvalue weighted by Gasteiger charge is 2.44. The van der Waals surface area contributed by atoms with E-state index in [4.69, 9.17) is 4.74 Å². The van der Waals surface area contributed by atoms with Crippen LogP contribution in [-0.2, 0) is 18.4 Å². The molecule has 154 valence electrons. The molecular weight excluding hydrogens is 374 g/mol. The Bertz CT molecular complexity index is 1120. The SMILES string of the molecule is Cn1cc(CN2C[C@@H]3C[C@H]2C(=O)N(CC2CC2)c2ccccc2O3)c2ccccc21. The highest BCUT2D eigenvalue weighted by Crippen LogP contribution is 2.40. The van der Waals surface area contributed by atoms with Crippen LogP contribution < -0.4 is 9.64 Å². The second-order valence-corrected chi connectivity index (χ2v) is 9.06. The van der Waals surface area contributed by atoms with Crippen LogP contribution in [0.2, 0.25) is 0 Å². The highest BCUT2D eigenvalue weighted by atomic mass is 16.5. The maximum absolute atomic E-state index is 13.8. The third-order valence-electron chi connectivity index (χ3n) is 6.86. The van der Waals surface area contributed by atoms with E-state index in [0.29, 0.717) is 5.92 Å². The number of hydrogen-bond acceptors (Lipinski definition) is 3. The average molecular weight is 402 g/mol. The summed E-state index contributed by atoms with van der Waals surface area (Å²) < 4.78 is 8.61. The molecule has 30 heavy (non-hydrogen) atoms. The van der Waals surface area contributed by atoms with E-state index >= 15 is 0 Å². The largest absolute Gasteiger partial charge is 0.487 e. The number of aryl methyl sites for hydroxylation is 1. The summed E-state index contributed by atoms with van der Waals surface area (Å²) in [5, 5.41) is 1.27. The molecule has 3 heterocycles. The first-order valence-corrected chi connectivity index (χ1v) is 11.0. The molecule has 2 fully saturated rings. The molecule has 3 aliphatic rings. The number of carbonyl (C=O) groups is 1. The van der Waals surface area contributed by atoms with Crippen LogP contribution in [0.25, 0.3) is 10.9 Å². The summed E-state index contributed by atoms with van der Waals surface area (Å²) in [6, 6.07) is 16.4. The molecule has 3 aromatic rings. The van der Waals surface area contributed by atoms with Crippen LogP contribution in [0.3, 0.4) is 0 Å². The van der Waals surface area contributed by atoms with Crippen LogP contribution in [-0.4, -0.2) is 40.6 Å². The van der Waals surface area contributed by atoms with Crippen LogP contribution in [0, 0.1) is 5.92 Å². The third kappa shape index (κ3) is 3.00. The van der Waals surface area contributed by atoms with Crippen LogP contribution in [0.5, 0.6) is 5.75 Å². The first kappa shape index (κ1) is 18.0. The number of anilines is 1. The smallest absolute Gasteiger partial charge is 0.244 e. The molecule has 0 unspecified atom stereocenters. The molecule has 0 radical (unpaired) electrons. The molecule has 1 saturated heterocycles. The minimum atomic E-state index is -0.124. The second-order valence-electron chi connectivity index (χ2n) is 9.06. The number of likely N-dealkylation sites (tertiary alicyclic amines) is 1. The lowest BCUT2D eigenvalue weighted by Gasteiger charge is -2.32. The topological polar surface area (TPSA) is 37.7 Å². The number of carbonyl (C=O) groups excluding carboxylic acids is 1. The van der Waals surface area contributed by atoms with Gasteiger partial charge in [-0.25, -0.2) is 0 Å². The van der Waals surface area contributed by atoms with E-state index in [1.54, 1.807) is 0 Å². The Kier molecular flexibility index (Phi) is 4.13. The predicted molar refractivity (Wildman–Crippen MR) is 118 cm³/mol. The molecule has 2 atom stereocenters. The van der Waals surface area contributed by atoms with E-state index in [9.17, 15) is 4.79 Å². The van der Waals surface area contributed by atoms with E-state index in [1.165, 1.54) is 29.3 Å². The quantitative estimate of drug-likeness (QED) is 0.664. The summed E-state index contributed by atoms with van der Waals surface area (Å²) in [4.78, 5) is 18.1. The lowest BCUT2D eigenvalue weighted by Crippen LogP contribution is -2.46. The molecule has 2 aromatic carbocycles. The van der Waals surface area contributed by atoms with E-state index in [0.717, 1.165) is 37.5 Å². The van der Waals surface area contributed by atoms with Gasteiger partial charge < -0.3 is 14.2 Å². The lowest BCUT2D eigenvalue weighted by molar-refractivity contribution is -0.123. The highest BCUT2D eigenvalue weighted by molar-refractivity contribution is 5.99. The fraction of sp³-hybridized carbons (Fsp3) is 0.400. The van der Waals surface area contributed by atoms with Crippen molar-refractivity contribution in [3.05, 3.63) is 60.3 Å². The number of amides is 1. The molecule has 2 bridgehead atoms. The summed E-state index contributed by atoms with van der Waals surface area (Å²) >= 11 is 0. The number of ether oxygens (including phenoxy) is 1. The van der Waals surface area contributed by atoms with Gasteiger partial charge in [-0.2, -0.15) is 0 Å². The molecule has 1 saturated carbocycles. The number of hydrogen-bond donors (Lipinski definition) is 0. The van der Waals surface area contributed by atoms with Crippen molar-refractivity contribution in [2.75, 3.05) is 18.0 Å². The zero-order valence-corrected chi connectivity index (χ0v) is 17.3. The Hall–Kier alpha value is -2.79. The number of para-hydroxylation sites is 3. The van der Waals surface area contributed by atoms with E-state index in [1.807, 2.05) is 29.2 Å². The molecule has 2 aliphatic heterocycles. The van der Waals surface area contributed by atoms with Crippen LogP contribution >= 0.6 is 0 Å². The van der Waals surface area contributed by atoms with Crippen molar-refractivity contribution in [1.82, 2.24) is 9.47 Å². The van der Waals surface area contributed by atoms with Crippen molar-refractivity contribution in [3.63, 3.8) is 0 Å². The van der Waals surface area contributed by atoms with Gasteiger partial charge in [0.1, 0.15) is 11.9 Å². The van der Waals surface area contributed by atoms with Gasteiger partial charge in [0, 0.05) is 50.2 Å². The Labute approximate surface area is 176 Å². The van der Waals surface area contributed by atoms with Gasteiger partial charge in [-0.15, -0.1) is 0 Å². The van der Waals surface area contributed by atoms with Crippen molar-refractivity contribution in [3.8, 4) is 5.75 Å². The van der Waals surface area contributed by atoms with Gasteiger partial charge in [-0.05, 0) is 42.5 Å². The molecule has 1 aliphatic carbocycles. The fourth-order valence-electron chi connectivity index (χ4n) is 5.15. The minimum Gasteiger partial charge on any atom is -0.487 e. The van der Waals surface area contributed by atoms with Gasteiger partial charge in [0.2, 0.25) is 5.91 Å². The van der Waals surface area contributed by atoms with E-state index in [2.05, 4.69) is 47.0 Å². The Morgan fingerprint density at radius 3 is 2.73 bits per heavy atom. The number of aromatic nitrogens is 1. The van der Waals surface area contributed by atoms with Crippen molar-refractivity contribution in [2.45, 2.75) is 38.0 Å². The van der Waals surface area contributed by atoms with Crippen LogP contribution in [0.1, 0.15) is 24.8 Å². The zero-order valence-electron chi connectivity index (χ0n) is 17.3. The van der Waals surface area contributed by atoms with Crippen molar-refractivity contribution in [1.29, 1.82) is 0 Å². The van der Waals surface area contributed by atoms with Crippen molar-refractivity contribution >= 4 is 22.5 Å². The summed E-state index contributed by atoms with van der Waals surface area (Å²) in [6.45, 7) is 2.36. The number of fused-ring (bicyclic) bond motifs is 4. The van der Waals surface area contributed by atoms with Gasteiger partial charge in [0.15, 0.2) is 0 Å². The zero-order chi connectivity index (χ0) is 20.2. The van der Waals surface area contributed by atoms with Crippen LogP contribution in [0.15, 0.2) is 54.7 Å². The molecule has 6 rings (SSSR count). The average Bonchev–Trinajstić information content (AvgIpc) is 3.41. The van der Waals surface area contributed by atoms with Gasteiger partial charge in [-0.1, -0.05) is 30.3 Å². The maximum atomic E-state index is 13.8. The summed E-state index contributed by atoms with van der Waals surface area (Å²) in [5.74, 6) is 1.72. The summed E-state index contributed by atoms with van der Waals surface area (Å²) in [5.41, 5.74) is 3.45. The number of nitrogens with zero attached hydrogens (tertiary/aromatic N) is 3. The van der Waals surface area contributed by atoms with Crippen LogP contribution in [0.4, 0.5) is 5.69 Å². The molecule has 5 nitrogen and oxygen atoms in total. The predicted octanol–water partition coefficient (Wildman–Crippen LogP) is 3.96. The molecule has 1 aromatic heterocycles. The van der Waals surface area contributed by atoms with Gasteiger partial charge in [-0.3, -0.25) is 9.69 Å². The van der Waals surface area contributed by atoms with Crippen molar-refractivity contribution in [2.24, 2.45) is 13.0 Å². The minimum absolute atomic E-state index is 0.0538. The number of rotatable bonds is 4. The third-order valence-corrected chi connectivity index (χ3v) is 6.86. The number of benzene rings is 2. The first-order valence-electron chi connectivity index (χ1n) is 11.0. The van der Waals surface area contributed by atoms with E-state index in [-0.39, 0.29) is 18.1 Å². The molecule has 5 heteroatoms. The molecule has 0 spiro atoms. The standard InChI is InChI=1S/C25H27N3O2/c1-26-14-18(20-6-2-3-7-21(20)26)15-27-16-19-12-23(27)25(29)28(13-17-10-11-17)22-8-4-5-9-24(22)30-19/h2-9,14,17,19,23H,10-13,15-16H2,1H3/t19-,23-/m0/s1. The maximum Gasteiger partial charge on any atom is 0.244 e. The van der Waals surface area contributed by atoms with E-state index < -0.39 is 0 Å². The molecule has 0 N–H and O–H groups in total. The molecular formula is C25H27N3O2. The van der Waals surface area contributed by atoms with Gasteiger partial charge in [0.05, 0.1) is 11.7 Å².